The van der Waals surface area contributed by atoms with Gasteiger partial charge in [-0.05, 0) is 56.3 Å². The molecular weight excluding hydrogens is 374 g/mol. The fourth-order valence-corrected chi connectivity index (χ4v) is 3.13. The van der Waals surface area contributed by atoms with E-state index in [9.17, 15) is 19.5 Å². The number of benzene rings is 1. The van der Waals surface area contributed by atoms with Gasteiger partial charge in [-0.25, -0.2) is 0 Å². The molecule has 1 saturated heterocycles. The number of imide groups is 1. The number of hydrogen-bond donors (Lipinski definition) is 1. The maximum atomic E-state index is 12.5. The van der Waals surface area contributed by atoms with Gasteiger partial charge < -0.3 is 19.3 Å². The van der Waals surface area contributed by atoms with Crippen molar-refractivity contribution in [1.29, 1.82) is 0 Å². The highest BCUT2D eigenvalue weighted by Gasteiger charge is 2.37. The molecule has 0 saturated carbocycles. The van der Waals surface area contributed by atoms with Crippen LogP contribution in [0.1, 0.15) is 26.3 Å². The molecule has 0 radical (unpaired) electrons. The number of ether oxygens (including phenoxy) is 3. The van der Waals surface area contributed by atoms with E-state index in [0.29, 0.717) is 17.3 Å². The molecule has 0 atom stereocenters. The van der Waals surface area contributed by atoms with Crippen molar-refractivity contribution >= 4 is 35.0 Å². The molecule has 27 heavy (non-hydrogen) atoms. The summed E-state index contributed by atoms with van der Waals surface area (Å²) < 4.78 is 15.3. The number of aromatic hydroxyl groups is 1. The Morgan fingerprint density at radius 2 is 1.74 bits per heavy atom. The lowest BCUT2D eigenvalue weighted by molar-refractivity contribution is -0.156. The molecule has 1 aromatic rings. The zero-order valence-electron chi connectivity index (χ0n) is 15.7. The predicted octanol–water partition coefficient (Wildman–Crippen LogP) is 2.79. The Balaban J connectivity index is 2.25. The smallest absolute Gasteiger partial charge is 0.326 e. The van der Waals surface area contributed by atoms with E-state index in [1.165, 1.54) is 32.4 Å². The maximum Gasteiger partial charge on any atom is 0.326 e. The van der Waals surface area contributed by atoms with Gasteiger partial charge in [0.1, 0.15) is 12.1 Å². The second-order valence-corrected chi connectivity index (χ2v) is 7.62. The van der Waals surface area contributed by atoms with E-state index < -0.39 is 29.3 Å². The summed E-state index contributed by atoms with van der Waals surface area (Å²) in [4.78, 5) is 37.5. The van der Waals surface area contributed by atoms with Crippen LogP contribution in [0.2, 0.25) is 0 Å². The molecule has 1 aliphatic heterocycles. The number of carbonyl (C=O) groups is 3. The molecule has 1 aromatic carbocycles. The van der Waals surface area contributed by atoms with Crippen LogP contribution in [-0.4, -0.2) is 53.5 Å². The first kappa shape index (κ1) is 20.6. The van der Waals surface area contributed by atoms with E-state index in [4.69, 9.17) is 14.2 Å². The van der Waals surface area contributed by atoms with Gasteiger partial charge >= 0.3 is 5.97 Å². The Morgan fingerprint density at radius 3 is 2.22 bits per heavy atom. The van der Waals surface area contributed by atoms with Gasteiger partial charge in [0.15, 0.2) is 11.5 Å². The van der Waals surface area contributed by atoms with Crippen molar-refractivity contribution in [1.82, 2.24) is 4.90 Å². The molecule has 1 fully saturated rings. The van der Waals surface area contributed by atoms with Crippen LogP contribution in [0.5, 0.6) is 17.2 Å². The Hall–Kier alpha value is -2.68. The Labute approximate surface area is 161 Å². The number of nitrogens with zero attached hydrogens (tertiary/aromatic N) is 1. The van der Waals surface area contributed by atoms with Gasteiger partial charge in [-0.3, -0.25) is 19.3 Å². The molecule has 8 nitrogen and oxygen atoms in total. The van der Waals surface area contributed by atoms with Gasteiger partial charge in [0.25, 0.3) is 11.1 Å². The number of methoxy groups -OCH3 is 2. The molecule has 0 aliphatic carbocycles. The molecule has 2 rings (SSSR count). The van der Waals surface area contributed by atoms with Crippen LogP contribution >= 0.6 is 11.8 Å². The zero-order chi connectivity index (χ0) is 20.4. The number of hydrogen-bond acceptors (Lipinski definition) is 8. The first-order valence-corrected chi connectivity index (χ1v) is 8.79. The van der Waals surface area contributed by atoms with Crippen LogP contribution in [0.3, 0.4) is 0 Å². The summed E-state index contributed by atoms with van der Waals surface area (Å²) in [5.74, 6) is -1.11. The molecular formula is C18H21NO7S. The average Bonchev–Trinajstić information content (AvgIpc) is 2.82. The highest BCUT2D eigenvalue weighted by Crippen LogP contribution is 2.39. The van der Waals surface area contributed by atoms with Crippen molar-refractivity contribution < 1.29 is 33.7 Å². The van der Waals surface area contributed by atoms with Gasteiger partial charge in [-0.15, -0.1) is 0 Å². The predicted molar refractivity (Wildman–Crippen MR) is 99.7 cm³/mol. The first-order chi connectivity index (χ1) is 12.6. The molecule has 9 heteroatoms. The third-order valence-electron chi connectivity index (χ3n) is 3.38. The van der Waals surface area contributed by atoms with Gasteiger partial charge in [-0.2, -0.15) is 0 Å². The van der Waals surface area contributed by atoms with Crippen molar-refractivity contribution in [2.45, 2.75) is 26.4 Å². The van der Waals surface area contributed by atoms with Crippen molar-refractivity contribution in [2.24, 2.45) is 0 Å². The molecule has 0 unspecified atom stereocenters. The van der Waals surface area contributed by atoms with Crippen molar-refractivity contribution in [3.05, 3.63) is 22.6 Å². The molecule has 0 spiro atoms. The summed E-state index contributed by atoms with van der Waals surface area (Å²) in [7, 11) is 2.76. The minimum atomic E-state index is -0.714. The fraction of sp³-hybridized carbons (Fsp3) is 0.389. The number of carbonyl (C=O) groups excluding carboxylic acids is 3. The van der Waals surface area contributed by atoms with Crippen LogP contribution in [0.25, 0.3) is 6.08 Å². The van der Waals surface area contributed by atoms with Crippen molar-refractivity contribution in [3.63, 3.8) is 0 Å². The molecule has 2 amide bonds. The summed E-state index contributed by atoms with van der Waals surface area (Å²) in [6, 6.07) is 3.00. The van der Waals surface area contributed by atoms with Gasteiger partial charge in [0, 0.05) is 0 Å². The number of phenols is 1. The third kappa shape index (κ3) is 4.94. The molecule has 0 bridgehead atoms. The van der Waals surface area contributed by atoms with Crippen LogP contribution in [0, 0.1) is 0 Å². The second-order valence-electron chi connectivity index (χ2n) is 6.63. The molecule has 1 N–H and O–H groups in total. The summed E-state index contributed by atoms with van der Waals surface area (Å²) in [5, 5.41) is 9.39. The molecule has 146 valence electrons. The maximum absolute atomic E-state index is 12.5. The minimum Gasteiger partial charge on any atom is -0.502 e. The Bertz CT molecular complexity index is 785. The van der Waals surface area contributed by atoms with Crippen LogP contribution in [0.4, 0.5) is 4.79 Å². The second kappa shape index (κ2) is 7.91. The minimum absolute atomic E-state index is 0.137. The third-order valence-corrected chi connectivity index (χ3v) is 4.29. The Kier molecular flexibility index (Phi) is 6.04. The standard InChI is InChI=1S/C18H21NO7S/c1-18(2,3)26-14(20)9-19-16(22)13(27-17(19)23)8-10-6-11(24-4)15(21)12(7-10)25-5/h6-8,21H,9H2,1-5H3/b13-8-. The van der Waals surface area contributed by atoms with Crippen molar-refractivity contribution in [3.8, 4) is 17.2 Å². The van der Waals surface area contributed by atoms with Crippen LogP contribution in [-0.2, 0) is 14.3 Å². The highest BCUT2D eigenvalue weighted by molar-refractivity contribution is 8.18. The lowest BCUT2D eigenvalue weighted by Crippen LogP contribution is -2.37. The SMILES string of the molecule is COc1cc(/C=C2\SC(=O)N(CC(=O)OC(C)(C)C)C2=O)cc(OC)c1O. The average molecular weight is 395 g/mol. The summed E-state index contributed by atoms with van der Waals surface area (Å²) in [6.07, 6.45) is 1.46. The normalized spacial score (nSPS) is 16.0. The number of phenolic OH excluding ortho intramolecular Hbond substituents is 1. The number of amides is 2. The summed E-state index contributed by atoms with van der Waals surface area (Å²) in [6.45, 7) is 4.64. The lowest BCUT2D eigenvalue weighted by atomic mass is 10.1. The molecule has 1 heterocycles. The van der Waals surface area contributed by atoms with E-state index in [2.05, 4.69) is 0 Å². The molecule has 1 aliphatic rings. The van der Waals surface area contributed by atoms with Crippen molar-refractivity contribution in [2.75, 3.05) is 20.8 Å². The first-order valence-electron chi connectivity index (χ1n) is 7.98. The fourth-order valence-electron chi connectivity index (χ4n) is 2.29. The zero-order valence-corrected chi connectivity index (χ0v) is 16.5. The van der Waals surface area contributed by atoms with Crippen LogP contribution < -0.4 is 9.47 Å². The highest BCUT2D eigenvalue weighted by atomic mass is 32.2. The lowest BCUT2D eigenvalue weighted by Gasteiger charge is -2.21. The van der Waals surface area contributed by atoms with E-state index in [1.54, 1.807) is 20.8 Å². The van der Waals surface area contributed by atoms with E-state index in [-0.39, 0.29) is 22.2 Å². The van der Waals surface area contributed by atoms with Gasteiger partial charge in [0.2, 0.25) is 5.75 Å². The topological polar surface area (TPSA) is 102 Å². The van der Waals surface area contributed by atoms with E-state index >= 15 is 0 Å². The molecule has 0 aromatic heterocycles. The Morgan fingerprint density at radius 1 is 1.19 bits per heavy atom. The quantitative estimate of drug-likeness (QED) is 0.600. The van der Waals surface area contributed by atoms with Gasteiger partial charge in [-0.1, -0.05) is 0 Å². The monoisotopic (exact) mass is 395 g/mol. The van der Waals surface area contributed by atoms with E-state index in [1.807, 2.05) is 0 Å². The number of rotatable bonds is 5. The van der Waals surface area contributed by atoms with E-state index in [0.717, 1.165) is 4.90 Å². The summed E-state index contributed by atoms with van der Waals surface area (Å²) in [5.41, 5.74) is -0.224. The van der Waals surface area contributed by atoms with Gasteiger partial charge in [0.05, 0.1) is 19.1 Å². The summed E-state index contributed by atoms with van der Waals surface area (Å²) >= 11 is 0.714. The number of thioether (sulfide) groups is 1. The number of esters is 1. The largest absolute Gasteiger partial charge is 0.502 e. The van der Waals surface area contributed by atoms with Crippen LogP contribution in [0.15, 0.2) is 17.0 Å².